The fraction of sp³-hybridized carbons (Fsp3) is 0.222. The van der Waals surface area contributed by atoms with E-state index in [0.29, 0.717) is 33.8 Å². The van der Waals surface area contributed by atoms with Crippen LogP contribution in [-0.2, 0) is 11.3 Å². The Morgan fingerprint density at radius 2 is 2.29 bits per heavy atom. The lowest BCUT2D eigenvalue weighted by atomic mass is 10.2. The van der Waals surface area contributed by atoms with Crippen molar-refractivity contribution < 1.29 is 14.3 Å². The average molecular weight is 416 g/mol. The van der Waals surface area contributed by atoms with E-state index in [2.05, 4.69) is 27.1 Å². The van der Waals surface area contributed by atoms with Gasteiger partial charge in [0.05, 0.1) is 10.6 Å². The number of aryl methyl sites for hydroxylation is 1. The third kappa shape index (κ3) is 3.43. The molecule has 1 aromatic carbocycles. The number of allylic oxidation sites excluding steroid dienone is 1. The molecular weight excluding hydrogens is 398 g/mol. The minimum Gasteiger partial charge on any atom is -0.485 e. The topological polar surface area (TPSA) is 94.1 Å². The summed E-state index contributed by atoms with van der Waals surface area (Å²) in [6, 6.07) is 7.25. The van der Waals surface area contributed by atoms with Crippen LogP contribution in [0.25, 0.3) is 10.7 Å². The summed E-state index contributed by atoms with van der Waals surface area (Å²) in [7, 11) is 0. The molecule has 1 atom stereocenters. The summed E-state index contributed by atoms with van der Waals surface area (Å²) in [5.74, 6) is 1.51. The molecule has 28 heavy (non-hydrogen) atoms. The predicted octanol–water partition coefficient (Wildman–Crippen LogP) is 3.34. The molecule has 0 unspecified atom stereocenters. The number of amides is 1. The zero-order valence-corrected chi connectivity index (χ0v) is 16.6. The number of aromatic amines is 1. The lowest BCUT2D eigenvalue weighted by Gasteiger charge is -2.25. The molecule has 0 saturated carbocycles. The van der Waals surface area contributed by atoms with E-state index in [1.54, 1.807) is 18.2 Å². The first-order valence-corrected chi connectivity index (χ1v) is 9.72. The molecule has 2 N–H and O–H groups in total. The molecule has 3 aromatic rings. The zero-order valence-electron chi connectivity index (χ0n) is 15.0. The van der Waals surface area contributed by atoms with Gasteiger partial charge in [-0.25, -0.2) is 4.98 Å². The highest BCUT2D eigenvalue weighted by atomic mass is 32.1. The van der Waals surface area contributed by atoms with Crippen LogP contribution in [0.1, 0.15) is 5.69 Å². The quantitative estimate of drug-likeness (QED) is 0.490. The monoisotopic (exact) mass is 415 g/mol. The fourth-order valence-electron chi connectivity index (χ4n) is 2.78. The second-order valence-electron chi connectivity index (χ2n) is 6.04. The molecule has 1 amide bonds. The van der Waals surface area contributed by atoms with Crippen molar-refractivity contribution in [3.05, 3.63) is 47.4 Å². The minimum absolute atomic E-state index is 0.137. The predicted molar refractivity (Wildman–Crippen MR) is 108 cm³/mol. The highest BCUT2D eigenvalue weighted by Gasteiger charge is 2.28. The van der Waals surface area contributed by atoms with E-state index in [1.807, 2.05) is 23.6 Å². The van der Waals surface area contributed by atoms with Crippen molar-refractivity contribution in [1.82, 2.24) is 19.7 Å². The molecule has 4 rings (SSSR count). The summed E-state index contributed by atoms with van der Waals surface area (Å²) >= 11 is 6.58. The van der Waals surface area contributed by atoms with Crippen molar-refractivity contribution >= 4 is 34.6 Å². The van der Waals surface area contributed by atoms with Gasteiger partial charge in [-0.3, -0.25) is 19.8 Å². The first-order valence-electron chi connectivity index (χ1n) is 8.50. The smallest absolute Gasteiger partial charge is 0.270 e. The number of benzene rings is 1. The summed E-state index contributed by atoms with van der Waals surface area (Å²) in [5, 5.41) is 10.3. The first kappa shape index (κ1) is 18.4. The Morgan fingerprint density at radius 1 is 1.50 bits per heavy atom. The average Bonchev–Trinajstić information content (AvgIpc) is 3.24. The van der Waals surface area contributed by atoms with Gasteiger partial charge < -0.3 is 9.47 Å². The van der Waals surface area contributed by atoms with Crippen molar-refractivity contribution in [2.45, 2.75) is 19.6 Å². The van der Waals surface area contributed by atoms with Gasteiger partial charge in [0, 0.05) is 6.54 Å². The first-order chi connectivity index (χ1) is 13.6. The number of carbonyl (C=O) groups excluding carboxylic acids is 1. The van der Waals surface area contributed by atoms with Gasteiger partial charge in [-0.1, -0.05) is 29.5 Å². The van der Waals surface area contributed by atoms with Gasteiger partial charge in [0.25, 0.3) is 5.91 Å². The number of thiazole rings is 1. The van der Waals surface area contributed by atoms with Gasteiger partial charge in [0.2, 0.25) is 6.10 Å². The van der Waals surface area contributed by atoms with Crippen LogP contribution in [0.15, 0.2) is 36.9 Å². The van der Waals surface area contributed by atoms with Crippen molar-refractivity contribution in [1.29, 1.82) is 0 Å². The molecular formula is C18H17N5O3S2. The van der Waals surface area contributed by atoms with E-state index in [1.165, 1.54) is 11.3 Å². The molecule has 0 aliphatic carbocycles. The number of para-hydroxylation sites is 2. The minimum atomic E-state index is -0.752. The molecule has 0 bridgehead atoms. The van der Waals surface area contributed by atoms with Crippen LogP contribution in [0.2, 0.25) is 0 Å². The van der Waals surface area contributed by atoms with Gasteiger partial charge >= 0.3 is 0 Å². The van der Waals surface area contributed by atoms with E-state index in [9.17, 15) is 4.79 Å². The van der Waals surface area contributed by atoms with Crippen LogP contribution in [0.5, 0.6) is 11.5 Å². The van der Waals surface area contributed by atoms with Crippen LogP contribution in [-0.4, -0.2) is 38.4 Å². The largest absolute Gasteiger partial charge is 0.485 e. The maximum atomic E-state index is 12.6. The number of H-pyrrole nitrogens is 1. The van der Waals surface area contributed by atoms with Crippen molar-refractivity contribution in [2.75, 3.05) is 11.9 Å². The van der Waals surface area contributed by atoms with Gasteiger partial charge in [-0.2, -0.15) is 5.10 Å². The van der Waals surface area contributed by atoms with Crippen molar-refractivity contribution in [2.24, 2.45) is 0 Å². The molecule has 1 aliphatic rings. The Kier molecular flexibility index (Phi) is 4.97. The molecule has 0 saturated heterocycles. The van der Waals surface area contributed by atoms with Crippen molar-refractivity contribution in [3.8, 4) is 22.2 Å². The maximum Gasteiger partial charge on any atom is 0.270 e. The van der Waals surface area contributed by atoms with E-state index in [-0.39, 0.29) is 12.5 Å². The second kappa shape index (κ2) is 7.56. The number of aromatic nitrogens is 4. The van der Waals surface area contributed by atoms with Gasteiger partial charge in [0.15, 0.2) is 27.2 Å². The number of rotatable bonds is 5. The summed E-state index contributed by atoms with van der Waals surface area (Å²) in [6.45, 7) is 6.26. The molecule has 0 radical (unpaired) electrons. The Hall–Kier alpha value is -2.98. The van der Waals surface area contributed by atoms with E-state index >= 15 is 0 Å². The molecule has 2 aromatic heterocycles. The Morgan fingerprint density at radius 3 is 3.07 bits per heavy atom. The SMILES string of the molecule is C=CCn1c(-c2sc(NC(=O)[C@H]3COc4ccccc4O3)nc2C)n[nH]c1=S. The maximum absolute atomic E-state index is 12.6. The number of nitrogens with one attached hydrogen (secondary N) is 2. The second-order valence-corrected chi connectivity index (χ2v) is 7.42. The van der Waals surface area contributed by atoms with Gasteiger partial charge in [0.1, 0.15) is 6.61 Å². The number of anilines is 1. The van der Waals surface area contributed by atoms with Crippen LogP contribution >= 0.6 is 23.6 Å². The zero-order chi connectivity index (χ0) is 19.7. The summed E-state index contributed by atoms with van der Waals surface area (Å²) in [6.07, 6.45) is 0.990. The van der Waals surface area contributed by atoms with Crippen LogP contribution in [0, 0.1) is 11.7 Å². The lowest BCUT2D eigenvalue weighted by Crippen LogP contribution is -2.40. The van der Waals surface area contributed by atoms with E-state index in [0.717, 1.165) is 10.6 Å². The molecule has 144 valence electrons. The highest BCUT2D eigenvalue weighted by molar-refractivity contribution is 7.71. The van der Waals surface area contributed by atoms with Crippen LogP contribution in [0.4, 0.5) is 5.13 Å². The van der Waals surface area contributed by atoms with Crippen LogP contribution < -0.4 is 14.8 Å². The number of fused-ring (bicyclic) bond motifs is 1. The molecule has 0 fully saturated rings. The van der Waals surface area contributed by atoms with E-state index in [4.69, 9.17) is 21.7 Å². The number of ether oxygens (including phenoxy) is 2. The molecule has 0 spiro atoms. The molecule has 8 nitrogen and oxygen atoms in total. The number of hydrogen-bond donors (Lipinski definition) is 2. The number of hydrogen-bond acceptors (Lipinski definition) is 7. The van der Waals surface area contributed by atoms with E-state index < -0.39 is 6.10 Å². The van der Waals surface area contributed by atoms with Crippen LogP contribution in [0.3, 0.4) is 0 Å². The molecule has 1 aliphatic heterocycles. The van der Waals surface area contributed by atoms with Crippen molar-refractivity contribution in [3.63, 3.8) is 0 Å². The standard InChI is InChI=1S/C18H17N5O3S2/c1-3-8-23-15(21-22-18(23)27)14-10(2)19-17(28-14)20-16(24)13-9-25-11-6-4-5-7-12(11)26-13/h3-7,13H,1,8-9H2,2H3,(H,22,27)(H,19,20,24)/t13-/m1/s1. The lowest BCUT2D eigenvalue weighted by molar-refractivity contribution is -0.125. The number of nitrogens with zero attached hydrogens (tertiary/aromatic N) is 3. The Labute approximate surface area is 169 Å². The van der Waals surface area contributed by atoms with Gasteiger partial charge in [-0.05, 0) is 31.3 Å². The normalized spacial score (nSPS) is 15.2. The summed E-state index contributed by atoms with van der Waals surface area (Å²) in [5.41, 5.74) is 0.741. The number of carbonyl (C=O) groups is 1. The Bertz CT molecular complexity index is 1100. The Balaban J connectivity index is 1.53. The third-order valence-corrected chi connectivity index (χ3v) is 5.48. The molecule has 10 heteroatoms. The van der Waals surface area contributed by atoms with Gasteiger partial charge in [-0.15, -0.1) is 6.58 Å². The molecule has 3 heterocycles. The highest BCUT2D eigenvalue weighted by Crippen LogP contribution is 2.33. The third-order valence-electron chi connectivity index (χ3n) is 4.10. The summed E-state index contributed by atoms with van der Waals surface area (Å²) < 4.78 is 13.7. The summed E-state index contributed by atoms with van der Waals surface area (Å²) in [4.78, 5) is 17.9. The fourth-order valence-corrected chi connectivity index (χ4v) is 3.96.